The third kappa shape index (κ3) is 4.12. The number of aliphatic imine (C=N–C) groups is 1. The van der Waals surface area contributed by atoms with E-state index in [9.17, 15) is 0 Å². The molecular weight excluding hydrogens is 564 g/mol. The zero-order chi connectivity index (χ0) is 26.9. The Labute approximate surface area is 241 Å². The van der Waals surface area contributed by atoms with Crippen LogP contribution >= 0.6 is 15.9 Å². The molecule has 2 heterocycles. The minimum atomic E-state index is -0.806. The third-order valence-corrected chi connectivity index (χ3v) is 7.93. The van der Waals surface area contributed by atoms with Crippen molar-refractivity contribution in [3.63, 3.8) is 0 Å². The minimum absolute atomic E-state index is 0.209. The fourth-order valence-electron chi connectivity index (χ4n) is 5.63. The molecule has 1 unspecified atom stereocenters. The summed E-state index contributed by atoms with van der Waals surface area (Å²) in [4.78, 5) is 12.1. The van der Waals surface area contributed by atoms with Crippen molar-refractivity contribution in [3.05, 3.63) is 155 Å². The second-order valence-corrected chi connectivity index (χ2v) is 10.6. The fraction of sp³-hybridized carbons (Fsp3) is 0.0882. The summed E-state index contributed by atoms with van der Waals surface area (Å²) in [6, 6.07) is 44.9. The summed E-state index contributed by atoms with van der Waals surface area (Å²) in [6.45, 7) is 0.209. The Kier molecular flexibility index (Phi) is 6.25. The van der Waals surface area contributed by atoms with Gasteiger partial charge in [0.1, 0.15) is 11.5 Å². The largest absolute Gasteiger partial charge is 0.454 e. The number of para-hydroxylation sites is 1. The van der Waals surface area contributed by atoms with Gasteiger partial charge in [0.15, 0.2) is 11.5 Å². The lowest BCUT2D eigenvalue weighted by molar-refractivity contribution is 0.174. The van der Waals surface area contributed by atoms with Crippen LogP contribution in [-0.4, -0.2) is 12.7 Å². The van der Waals surface area contributed by atoms with Crippen LogP contribution in [-0.2, 0) is 10.3 Å². The van der Waals surface area contributed by atoms with E-state index in [-0.39, 0.29) is 12.8 Å². The summed E-state index contributed by atoms with van der Waals surface area (Å²) in [5.41, 5.74) is 4.06. The van der Waals surface area contributed by atoms with E-state index < -0.39 is 5.41 Å². The number of hydrogen-bond acceptors (Lipinski definition) is 5. The Morgan fingerprint density at radius 3 is 1.93 bits per heavy atom. The van der Waals surface area contributed by atoms with Crippen LogP contribution in [0.25, 0.3) is 0 Å². The van der Waals surface area contributed by atoms with Gasteiger partial charge >= 0.3 is 0 Å². The summed E-state index contributed by atoms with van der Waals surface area (Å²) < 4.78 is 12.5. The smallest absolute Gasteiger partial charge is 0.240 e. The first-order chi connectivity index (χ1) is 19.7. The van der Waals surface area contributed by atoms with Gasteiger partial charge < -0.3 is 14.3 Å². The monoisotopic (exact) mass is 588 g/mol. The molecule has 7 rings (SSSR count). The lowest BCUT2D eigenvalue weighted by Gasteiger charge is -2.36. The number of rotatable bonds is 5. The van der Waals surface area contributed by atoms with Crippen molar-refractivity contribution in [1.29, 1.82) is 0 Å². The molecule has 5 aromatic carbocycles. The first-order valence-electron chi connectivity index (χ1n) is 13.1. The molecule has 196 valence electrons. The highest BCUT2D eigenvalue weighted by atomic mass is 79.9. The molecule has 0 aliphatic carbocycles. The highest BCUT2D eigenvalue weighted by molar-refractivity contribution is 9.10. The molecule has 5 aromatic rings. The van der Waals surface area contributed by atoms with Gasteiger partial charge in [0, 0.05) is 4.47 Å². The van der Waals surface area contributed by atoms with Crippen molar-refractivity contribution in [1.82, 2.24) is 0 Å². The number of fused-ring (bicyclic) bond motifs is 1. The Morgan fingerprint density at radius 2 is 1.27 bits per heavy atom. The lowest BCUT2D eigenvalue weighted by atomic mass is 9.67. The van der Waals surface area contributed by atoms with Crippen molar-refractivity contribution < 1.29 is 14.3 Å². The number of nitrogens with zero attached hydrogens (tertiary/aromatic N) is 2. The maximum absolute atomic E-state index is 6.89. The molecule has 0 amide bonds. The third-order valence-electron chi connectivity index (χ3n) is 7.41. The summed E-state index contributed by atoms with van der Waals surface area (Å²) in [7, 11) is 0. The standard InChI is InChI=1S/C34H25BrN2O3/c35-27-17-19-28(20-18-27)36-33-34(25-10-4-1-5-11-25,26-12-6-2-7-13-26)32(37(40-33)29-14-8-3-9-15-29)24-16-21-30-31(22-24)39-23-38-30/h1-22,32H,23H2. The van der Waals surface area contributed by atoms with Crippen LogP contribution in [0, 0.1) is 0 Å². The molecule has 1 fully saturated rings. The van der Waals surface area contributed by atoms with Crippen molar-refractivity contribution in [2.24, 2.45) is 4.99 Å². The SMILES string of the molecule is Brc1ccc(N=C2ON(c3ccccc3)C(c3ccc4c(c3)OCO4)C2(c2ccccc2)c2ccccc2)cc1. The summed E-state index contributed by atoms with van der Waals surface area (Å²) in [6.07, 6.45) is 0. The molecule has 1 atom stereocenters. The quantitative estimate of drug-likeness (QED) is 0.207. The Hall–Kier alpha value is -4.55. The first-order valence-corrected chi connectivity index (χ1v) is 13.9. The number of halogens is 1. The average molecular weight is 589 g/mol. The topological polar surface area (TPSA) is 43.3 Å². The van der Waals surface area contributed by atoms with E-state index in [1.807, 2.05) is 65.7 Å². The molecule has 0 saturated carbocycles. The maximum Gasteiger partial charge on any atom is 0.240 e. The van der Waals surface area contributed by atoms with Gasteiger partial charge in [-0.25, -0.2) is 4.99 Å². The minimum Gasteiger partial charge on any atom is -0.454 e. The summed E-state index contributed by atoms with van der Waals surface area (Å²) in [5.74, 6) is 2.04. The van der Waals surface area contributed by atoms with Crippen LogP contribution in [0.15, 0.2) is 143 Å². The van der Waals surface area contributed by atoms with E-state index in [1.165, 1.54) is 0 Å². The highest BCUT2D eigenvalue weighted by Gasteiger charge is 2.58. The number of benzene rings is 5. The van der Waals surface area contributed by atoms with Gasteiger partial charge in [-0.05, 0) is 65.2 Å². The zero-order valence-corrected chi connectivity index (χ0v) is 23.1. The van der Waals surface area contributed by atoms with Crippen LogP contribution in [0.5, 0.6) is 11.5 Å². The zero-order valence-electron chi connectivity index (χ0n) is 21.5. The molecule has 1 saturated heterocycles. The maximum atomic E-state index is 6.89. The Bertz CT molecular complexity index is 1620. The van der Waals surface area contributed by atoms with Crippen molar-refractivity contribution in [3.8, 4) is 11.5 Å². The molecule has 40 heavy (non-hydrogen) atoms. The second-order valence-electron chi connectivity index (χ2n) is 9.70. The normalized spacial score (nSPS) is 18.1. The van der Waals surface area contributed by atoms with Gasteiger partial charge in [0.2, 0.25) is 12.7 Å². The Morgan fingerprint density at radius 1 is 0.675 bits per heavy atom. The highest BCUT2D eigenvalue weighted by Crippen LogP contribution is 2.55. The van der Waals surface area contributed by atoms with E-state index in [0.717, 1.165) is 44.0 Å². The molecule has 0 bridgehead atoms. The number of anilines is 1. The van der Waals surface area contributed by atoms with Gasteiger partial charge in [-0.15, -0.1) is 0 Å². The van der Waals surface area contributed by atoms with Crippen LogP contribution in [0.2, 0.25) is 0 Å². The molecular formula is C34H25BrN2O3. The van der Waals surface area contributed by atoms with E-state index in [4.69, 9.17) is 19.3 Å². The molecule has 0 radical (unpaired) electrons. The molecule has 2 aliphatic heterocycles. The average Bonchev–Trinajstić information content (AvgIpc) is 3.62. The van der Waals surface area contributed by atoms with Gasteiger partial charge in [-0.1, -0.05) is 101 Å². The van der Waals surface area contributed by atoms with E-state index >= 15 is 0 Å². The van der Waals surface area contributed by atoms with Crippen molar-refractivity contribution in [2.45, 2.75) is 11.5 Å². The van der Waals surface area contributed by atoms with Crippen LogP contribution < -0.4 is 14.5 Å². The molecule has 6 heteroatoms. The van der Waals surface area contributed by atoms with E-state index in [2.05, 4.69) is 88.7 Å². The van der Waals surface area contributed by atoms with Gasteiger partial charge in [-0.3, -0.25) is 0 Å². The molecule has 0 spiro atoms. The van der Waals surface area contributed by atoms with Gasteiger partial charge in [-0.2, -0.15) is 5.06 Å². The summed E-state index contributed by atoms with van der Waals surface area (Å²) in [5, 5.41) is 1.98. The van der Waals surface area contributed by atoms with E-state index in [1.54, 1.807) is 0 Å². The van der Waals surface area contributed by atoms with E-state index in [0.29, 0.717) is 5.90 Å². The lowest BCUT2D eigenvalue weighted by Crippen LogP contribution is -2.40. The number of ether oxygens (including phenoxy) is 2. The van der Waals surface area contributed by atoms with Gasteiger partial charge in [0.05, 0.1) is 11.4 Å². The number of hydroxylamine groups is 1. The van der Waals surface area contributed by atoms with Crippen LogP contribution in [0.4, 0.5) is 11.4 Å². The van der Waals surface area contributed by atoms with Crippen LogP contribution in [0.1, 0.15) is 22.7 Å². The summed E-state index contributed by atoms with van der Waals surface area (Å²) >= 11 is 3.55. The number of hydrogen-bond donors (Lipinski definition) is 0. The van der Waals surface area contributed by atoms with Gasteiger partial charge in [0.25, 0.3) is 0 Å². The molecule has 0 N–H and O–H groups in total. The second kappa shape index (κ2) is 10.2. The predicted octanol–water partition coefficient (Wildman–Crippen LogP) is 8.39. The van der Waals surface area contributed by atoms with Crippen molar-refractivity contribution >= 4 is 33.2 Å². The predicted molar refractivity (Wildman–Crippen MR) is 160 cm³/mol. The van der Waals surface area contributed by atoms with Crippen LogP contribution in [0.3, 0.4) is 0 Å². The Balaban J connectivity index is 1.56. The molecule has 0 aromatic heterocycles. The fourth-order valence-corrected chi connectivity index (χ4v) is 5.89. The molecule has 2 aliphatic rings. The molecule has 5 nitrogen and oxygen atoms in total. The van der Waals surface area contributed by atoms with Crippen molar-refractivity contribution in [2.75, 3.05) is 11.9 Å². The first kappa shape index (κ1) is 24.5.